The van der Waals surface area contributed by atoms with E-state index in [1.807, 2.05) is 0 Å². The molecule has 3 unspecified atom stereocenters. The van der Waals surface area contributed by atoms with Crippen LogP contribution in [0.1, 0.15) is 181 Å². The molecular weight excluding hydrogens is 562 g/mol. The van der Waals surface area contributed by atoms with Crippen LogP contribution in [0.2, 0.25) is 0 Å². The largest absolute Gasteiger partial charge is 0.387 e. The van der Waals surface area contributed by atoms with Crippen molar-refractivity contribution in [1.29, 1.82) is 0 Å². The average Bonchev–Trinajstić information content (AvgIpc) is 2.96. The third kappa shape index (κ3) is 29.5. The molecule has 8 heteroatoms. The van der Waals surface area contributed by atoms with Gasteiger partial charge in [-0.25, -0.2) is 0 Å². The number of rotatable bonds is 32. The van der Waals surface area contributed by atoms with Crippen LogP contribution in [0.4, 0.5) is 0 Å². The van der Waals surface area contributed by atoms with Crippen LogP contribution in [0.15, 0.2) is 12.2 Å². The van der Waals surface area contributed by atoms with Crippen LogP contribution in [0.3, 0.4) is 0 Å². The van der Waals surface area contributed by atoms with Gasteiger partial charge in [0.25, 0.3) is 10.1 Å². The maximum absolute atomic E-state index is 12.5. The molecular formula is C35H69NO6S. The molecule has 4 N–H and O–H groups in total. The number of aliphatic hydroxyl groups excluding tert-OH is 2. The molecule has 0 saturated carbocycles. The summed E-state index contributed by atoms with van der Waals surface area (Å²) in [4.78, 5) is 12.5. The predicted molar refractivity (Wildman–Crippen MR) is 181 cm³/mol. The van der Waals surface area contributed by atoms with Gasteiger partial charge in [-0.15, -0.1) is 0 Å². The fourth-order valence-corrected chi connectivity index (χ4v) is 6.25. The minimum atomic E-state index is -4.43. The highest BCUT2D eigenvalue weighted by atomic mass is 32.2. The molecule has 7 nitrogen and oxygen atoms in total. The molecule has 0 aliphatic rings. The first-order chi connectivity index (χ1) is 20.7. The molecule has 0 heterocycles. The summed E-state index contributed by atoms with van der Waals surface area (Å²) in [7, 11) is -4.43. The number of carbonyl (C=O) groups is 1. The van der Waals surface area contributed by atoms with Gasteiger partial charge in [-0.2, -0.15) is 8.42 Å². The van der Waals surface area contributed by atoms with E-state index in [2.05, 4.69) is 19.2 Å². The topological polar surface area (TPSA) is 124 Å². The Morgan fingerprint density at radius 1 is 0.628 bits per heavy atom. The zero-order valence-corrected chi connectivity index (χ0v) is 28.8. The molecule has 0 saturated heterocycles. The van der Waals surface area contributed by atoms with E-state index >= 15 is 0 Å². The van der Waals surface area contributed by atoms with Crippen molar-refractivity contribution in [2.75, 3.05) is 5.75 Å². The van der Waals surface area contributed by atoms with Gasteiger partial charge in [-0.05, 0) is 19.3 Å². The molecule has 0 aromatic rings. The molecule has 3 atom stereocenters. The third-order valence-corrected chi connectivity index (χ3v) is 9.10. The minimum absolute atomic E-state index is 0.285. The lowest BCUT2D eigenvalue weighted by molar-refractivity contribution is -0.130. The van der Waals surface area contributed by atoms with Crippen molar-refractivity contribution >= 4 is 16.0 Å². The van der Waals surface area contributed by atoms with Gasteiger partial charge in [0.1, 0.15) is 6.10 Å². The van der Waals surface area contributed by atoms with Crippen LogP contribution in [-0.4, -0.2) is 53.1 Å². The standard InChI is InChI=1S/C35H69NO6S/c1-3-5-7-9-11-13-15-17-19-21-23-25-27-29-33(37)32(31-43(40,41)42)36-35(39)34(38)30-28-26-24-22-20-18-16-14-12-10-8-6-4-2/h27,29,32-34,37-38H,3-26,28,30-31H2,1-2H3,(H,36,39)(H,40,41,42)/b29-27+. The maximum atomic E-state index is 12.5. The summed E-state index contributed by atoms with van der Waals surface area (Å²) in [5.41, 5.74) is 0. The number of nitrogens with one attached hydrogen (secondary N) is 1. The van der Waals surface area contributed by atoms with E-state index in [0.29, 0.717) is 6.42 Å². The van der Waals surface area contributed by atoms with E-state index in [9.17, 15) is 28.0 Å². The number of amides is 1. The quantitative estimate of drug-likeness (QED) is 0.0334. The highest BCUT2D eigenvalue weighted by molar-refractivity contribution is 7.85. The van der Waals surface area contributed by atoms with Crippen molar-refractivity contribution in [3.8, 4) is 0 Å². The Morgan fingerprint density at radius 2 is 1.00 bits per heavy atom. The third-order valence-electron chi connectivity index (χ3n) is 8.32. The lowest BCUT2D eigenvalue weighted by Gasteiger charge is -2.22. The van der Waals surface area contributed by atoms with Gasteiger partial charge in [-0.3, -0.25) is 9.35 Å². The lowest BCUT2D eigenvalue weighted by Crippen LogP contribution is -2.50. The summed E-state index contributed by atoms with van der Waals surface area (Å²) in [5, 5.41) is 23.3. The van der Waals surface area contributed by atoms with Crippen LogP contribution in [0.5, 0.6) is 0 Å². The highest BCUT2D eigenvalue weighted by Crippen LogP contribution is 2.15. The number of aliphatic hydroxyl groups is 2. The van der Waals surface area contributed by atoms with Crippen molar-refractivity contribution in [2.24, 2.45) is 0 Å². The van der Waals surface area contributed by atoms with Gasteiger partial charge in [0, 0.05) is 0 Å². The zero-order valence-electron chi connectivity index (χ0n) is 28.0. The van der Waals surface area contributed by atoms with Crippen LogP contribution in [0, 0.1) is 0 Å². The van der Waals surface area contributed by atoms with E-state index in [-0.39, 0.29) is 6.42 Å². The van der Waals surface area contributed by atoms with E-state index < -0.39 is 40.0 Å². The Labute approximate surface area is 265 Å². The second-order valence-corrected chi connectivity index (χ2v) is 14.2. The smallest absolute Gasteiger partial charge is 0.267 e. The normalized spacial score (nSPS) is 14.3. The summed E-state index contributed by atoms with van der Waals surface area (Å²) in [5.74, 6) is -1.53. The second-order valence-electron chi connectivity index (χ2n) is 12.7. The number of carbonyl (C=O) groups excluding carboxylic acids is 1. The first kappa shape index (κ1) is 42.0. The molecule has 0 aromatic carbocycles. The van der Waals surface area contributed by atoms with Gasteiger partial charge in [0.05, 0.1) is 17.9 Å². The van der Waals surface area contributed by atoms with Gasteiger partial charge < -0.3 is 15.5 Å². The molecule has 0 aliphatic carbocycles. The van der Waals surface area contributed by atoms with Gasteiger partial charge in [0.2, 0.25) is 5.91 Å². The summed E-state index contributed by atoms with van der Waals surface area (Å²) in [6.45, 7) is 4.48. The van der Waals surface area contributed by atoms with Gasteiger partial charge in [-0.1, -0.05) is 174 Å². The van der Waals surface area contributed by atoms with E-state index in [4.69, 9.17) is 0 Å². The number of allylic oxidation sites excluding steroid dienone is 1. The summed E-state index contributed by atoms with van der Waals surface area (Å²) in [6, 6.07) is -1.22. The van der Waals surface area contributed by atoms with Gasteiger partial charge in [0.15, 0.2) is 0 Å². The summed E-state index contributed by atoms with van der Waals surface area (Å²) in [6.07, 6.45) is 31.2. The second kappa shape index (κ2) is 29.7. The number of hydrogen-bond acceptors (Lipinski definition) is 5. The Morgan fingerprint density at radius 3 is 1.40 bits per heavy atom. The summed E-state index contributed by atoms with van der Waals surface area (Å²) < 4.78 is 32.3. The highest BCUT2D eigenvalue weighted by Gasteiger charge is 2.27. The fraction of sp³-hybridized carbons (Fsp3) is 0.914. The SMILES string of the molecule is CCCCCCCCCCCCC/C=C/C(O)C(CS(=O)(=O)O)NC(=O)C(O)CCCCCCCCCCCCCCC. The van der Waals surface area contributed by atoms with Crippen LogP contribution < -0.4 is 5.32 Å². The average molecular weight is 632 g/mol. The zero-order chi connectivity index (χ0) is 32.0. The Hall–Kier alpha value is -0.960. The monoisotopic (exact) mass is 631 g/mol. The van der Waals surface area contributed by atoms with Crippen LogP contribution in [-0.2, 0) is 14.9 Å². The molecule has 0 aromatic heterocycles. The molecule has 1 amide bonds. The Bertz CT molecular complexity index is 757. The fourth-order valence-electron chi connectivity index (χ4n) is 5.51. The Kier molecular flexibility index (Phi) is 29.1. The molecule has 0 fully saturated rings. The first-order valence-electron chi connectivity index (χ1n) is 18.0. The van der Waals surface area contributed by atoms with Crippen molar-refractivity contribution < 1.29 is 28.0 Å². The predicted octanol–water partition coefficient (Wildman–Crippen LogP) is 8.82. The molecule has 0 radical (unpaired) electrons. The maximum Gasteiger partial charge on any atom is 0.267 e. The lowest BCUT2D eigenvalue weighted by atomic mass is 10.0. The molecule has 256 valence electrons. The first-order valence-corrected chi connectivity index (χ1v) is 19.6. The molecule has 0 aliphatic heterocycles. The van der Waals surface area contributed by atoms with Crippen molar-refractivity contribution in [3.05, 3.63) is 12.2 Å². The molecule has 0 bridgehead atoms. The number of hydrogen-bond donors (Lipinski definition) is 4. The van der Waals surface area contributed by atoms with Crippen molar-refractivity contribution in [2.45, 2.75) is 199 Å². The van der Waals surface area contributed by atoms with Crippen molar-refractivity contribution in [3.63, 3.8) is 0 Å². The molecule has 0 rings (SSSR count). The Balaban J connectivity index is 4.13. The summed E-state index contributed by atoms with van der Waals surface area (Å²) >= 11 is 0. The molecule has 0 spiro atoms. The molecule has 43 heavy (non-hydrogen) atoms. The van der Waals surface area contributed by atoms with E-state index in [1.54, 1.807) is 6.08 Å². The van der Waals surface area contributed by atoms with E-state index in [0.717, 1.165) is 38.5 Å². The number of unbranched alkanes of at least 4 members (excludes halogenated alkanes) is 23. The van der Waals surface area contributed by atoms with Crippen molar-refractivity contribution in [1.82, 2.24) is 5.32 Å². The van der Waals surface area contributed by atoms with E-state index in [1.165, 1.54) is 122 Å². The van der Waals surface area contributed by atoms with Gasteiger partial charge >= 0.3 is 0 Å². The minimum Gasteiger partial charge on any atom is -0.387 e. The van der Waals surface area contributed by atoms with Crippen LogP contribution >= 0.6 is 0 Å². The van der Waals surface area contributed by atoms with Crippen LogP contribution in [0.25, 0.3) is 0 Å².